The molecule has 1 fully saturated rings. The van der Waals surface area contributed by atoms with Crippen LogP contribution in [0.2, 0.25) is 0 Å². The molecule has 0 aliphatic carbocycles. The lowest BCUT2D eigenvalue weighted by atomic mass is 9.93. The molecule has 0 amide bonds. The van der Waals surface area contributed by atoms with E-state index in [9.17, 15) is 0 Å². The predicted molar refractivity (Wildman–Crippen MR) is 81.8 cm³/mol. The average molecular weight is 258 g/mol. The van der Waals surface area contributed by atoms with Crippen molar-refractivity contribution in [2.45, 2.75) is 45.1 Å². The Kier molecular flexibility index (Phi) is 4.07. The van der Waals surface area contributed by atoms with Crippen molar-refractivity contribution < 1.29 is 0 Å². The van der Waals surface area contributed by atoms with Crippen LogP contribution >= 0.6 is 0 Å². The number of benzene rings is 1. The number of anilines is 1. The Morgan fingerprint density at radius 2 is 2.16 bits per heavy atom. The summed E-state index contributed by atoms with van der Waals surface area (Å²) < 4.78 is 0. The van der Waals surface area contributed by atoms with Crippen LogP contribution in [0.4, 0.5) is 5.69 Å². The highest BCUT2D eigenvalue weighted by Gasteiger charge is 2.22. The van der Waals surface area contributed by atoms with E-state index in [1.807, 2.05) is 0 Å². The van der Waals surface area contributed by atoms with E-state index in [2.05, 4.69) is 41.4 Å². The van der Waals surface area contributed by atoms with Crippen LogP contribution in [0.25, 0.3) is 0 Å². The molecule has 2 atom stereocenters. The second kappa shape index (κ2) is 5.96. The van der Waals surface area contributed by atoms with Crippen LogP contribution in [0.5, 0.6) is 0 Å². The van der Waals surface area contributed by atoms with Gasteiger partial charge in [-0.3, -0.25) is 0 Å². The number of piperidine rings is 1. The zero-order chi connectivity index (χ0) is 13.1. The monoisotopic (exact) mass is 258 g/mol. The minimum absolute atomic E-state index is 0.748. The highest BCUT2D eigenvalue weighted by atomic mass is 15.1. The SMILES string of the molecule is CC1Cc2ccccc2N(CCC2CCCCN2)C1. The van der Waals surface area contributed by atoms with Crippen LogP contribution in [0.3, 0.4) is 0 Å². The van der Waals surface area contributed by atoms with Crippen molar-refractivity contribution in [3.8, 4) is 0 Å². The Bertz CT molecular complexity index is 409. The maximum absolute atomic E-state index is 3.67. The molecule has 1 aromatic carbocycles. The summed E-state index contributed by atoms with van der Waals surface area (Å²) in [6, 6.07) is 9.71. The lowest BCUT2D eigenvalue weighted by Crippen LogP contribution is -2.40. The fraction of sp³-hybridized carbons (Fsp3) is 0.647. The summed E-state index contributed by atoms with van der Waals surface area (Å²) in [4.78, 5) is 2.61. The fourth-order valence-electron chi connectivity index (χ4n) is 3.60. The Morgan fingerprint density at radius 1 is 1.26 bits per heavy atom. The Hall–Kier alpha value is -1.02. The van der Waals surface area contributed by atoms with Gasteiger partial charge in [0.15, 0.2) is 0 Å². The van der Waals surface area contributed by atoms with Crippen molar-refractivity contribution in [1.29, 1.82) is 0 Å². The van der Waals surface area contributed by atoms with Gasteiger partial charge in [0.05, 0.1) is 0 Å². The molecular weight excluding hydrogens is 232 g/mol. The van der Waals surface area contributed by atoms with E-state index in [0.717, 1.165) is 12.0 Å². The molecule has 3 rings (SSSR count). The number of nitrogens with one attached hydrogen (secondary N) is 1. The van der Waals surface area contributed by atoms with Gasteiger partial charge in [0, 0.05) is 24.8 Å². The smallest absolute Gasteiger partial charge is 0.0398 e. The summed E-state index contributed by atoms with van der Waals surface area (Å²) in [5, 5.41) is 3.67. The second-order valence-electron chi connectivity index (χ2n) is 6.32. The molecule has 1 N–H and O–H groups in total. The van der Waals surface area contributed by atoms with Gasteiger partial charge in [-0.25, -0.2) is 0 Å². The van der Waals surface area contributed by atoms with Gasteiger partial charge in [-0.15, -0.1) is 0 Å². The third-order valence-electron chi connectivity index (χ3n) is 4.59. The molecule has 2 heteroatoms. The van der Waals surface area contributed by atoms with Gasteiger partial charge in [0.25, 0.3) is 0 Å². The quantitative estimate of drug-likeness (QED) is 0.895. The van der Waals surface area contributed by atoms with E-state index < -0.39 is 0 Å². The van der Waals surface area contributed by atoms with E-state index >= 15 is 0 Å². The van der Waals surface area contributed by atoms with Crippen LogP contribution < -0.4 is 10.2 Å². The zero-order valence-corrected chi connectivity index (χ0v) is 12.1. The number of nitrogens with zero attached hydrogens (tertiary/aromatic N) is 1. The zero-order valence-electron chi connectivity index (χ0n) is 12.1. The highest BCUT2D eigenvalue weighted by molar-refractivity contribution is 5.55. The number of fused-ring (bicyclic) bond motifs is 1. The van der Waals surface area contributed by atoms with E-state index in [4.69, 9.17) is 0 Å². The van der Waals surface area contributed by atoms with E-state index in [0.29, 0.717) is 0 Å². The molecule has 1 aromatic rings. The first-order valence-corrected chi connectivity index (χ1v) is 7.89. The molecule has 0 saturated carbocycles. The summed E-state index contributed by atoms with van der Waals surface area (Å²) >= 11 is 0. The molecule has 0 radical (unpaired) electrons. The maximum Gasteiger partial charge on any atom is 0.0398 e. The summed E-state index contributed by atoms with van der Waals surface area (Å²) in [5.74, 6) is 0.786. The normalized spacial score (nSPS) is 27.1. The molecule has 2 heterocycles. The second-order valence-corrected chi connectivity index (χ2v) is 6.32. The summed E-state index contributed by atoms with van der Waals surface area (Å²) in [7, 11) is 0. The summed E-state index contributed by atoms with van der Waals surface area (Å²) in [6.45, 7) is 6.03. The largest absolute Gasteiger partial charge is 0.371 e. The number of para-hydroxylation sites is 1. The van der Waals surface area contributed by atoms with Gasteiger partial charge in [0.2, 0.25) is 0 Å². The van der Waals surface area contributed by atoms with Crippen molar-refractivity contribution in [3.05, 3.63) is 29.8 Å². The molecule has 0 bridgehead atoms. The fourth-order valence-corrected chi connectivity index (χ4v) is 3.60. The summed E-state index contributed by atoms with van der Waals surface area (Å²) in [5.41, 5.74) is 3.02. The minimum Gasteiger partial charge on any atom is -0.371 e. The topological polar surface area (TPSA) is 15.3 Å². The third kappa shape index (κ3) is 3.11. The van der Waals surface area contributed by atoms with Crippen LogP contribution in [-0.2, 0) is 6.42 Å². The van der Waals surface area contributed by atoms with Crippen molar-refractivity contribution in [2.24, 2.45) is 5.92 Å². The summed E-state index contributed by atoms with van der Waals surface area (Å²) in [6.07, 6.45) is 6.67. The van der Waals surface area contributed by atoms with Crippen molar-refractivity contribution >= 4 is 5.69 Å². The van der Waals surface area contributed by atoms with E-state index in [1.165, 1.54) is 63.0 Å². The first-order valence-electron chi connectivity index (χ1n) is 7.89. The van der Waals surface area contributed by atoms with E-state index in [1.54, 1.807) is 0 Å². The van der Waals surface area contributed by atoms with Gasteiger partial charge in [-0.1, -0.05) is 31.5 Å². The maximum atomic E-state index is 3.67. The molecule has 104 valence electrons. The molecular formula is C17H26N2. The first-order chi connectivity index (χ1) is 9.33. The minimum atomic E-state index is 0.748. The predicted octanol–water partition coefficient (Wildman–Crippen LogP) is 3.22. The number of hydrogen-bond donors (Lipinski definition) is 1. The molecule has 0 spiro atoms. The average Bonchev–Trinajstić information content (AvgIpc) is 2.45. The van der Waals surface area contributed by atoms with Crippen LogP contribution in [-0.4, -0.2) is 25.7 Å². The highest BCUT2D eigenvalue weighted by Crippen LogP contribution is 2.29. The Morgan fingerprint density at radius 3 is 3.00 bits per heavy atom. The van der Waals surface area contributed by atoms with Crippen molar-refractivity contribution in [2.75, 3.05) is 24.5 Å². The lowest BCUT2D eigenvalue weighted by molar-refractivity contribution is 0.379. The van der Waals surface area contributed by atoms with Gasteiger partial charge in [-0.2, -0.15) is 0 Å². The van der Waals surface area contributed by atoms with Crippen molar-refractivity contribution in [3.63, 3.8) is 0 Å². The molecule has 2 unspecified atom stereocenters. The molecule has 2 nitrogen and oxygen atoms in total. The van der Waals surface area contributed by atoms with Gasteiger partial charge in [-0.05, 0) is 49.8 Å². The van der Waals surface area contributed by atoms with Gasteiger partial charge < -0.3 is 10.2 Å². The Labute approximate surface area is 117 Å². The van der Waals surface area contributed by atoms with Gasteiger partial charge in [0.1, 0.15) is 0 Å². The first kappa shape index (κ1) is 13.0. The molecule has 2 aliphatic rings. The third-order valence-corrected chi connectivity index (χ3v) is 4.59. The van der Waals surface area contributed by atoms with Crippen LogP contribution in [0.1, 0.15) is 38.2 Å². The molecule has 19 heavy (non-hydrogen) atoms. The molecule has 0 aromatic heterocycles. The van der Waals surface area contributed by atoms with Crippen LogP contribution in [0, 0.1) is 5.92 Å². The van der Waals surface area contributed by atoms with Crippen molar-refractivity contribution in [1.82, 2.24) is 5.32 Å². The lowest BCUT2D eigenvalue weighted by Gasteiger charge is -2.36. The van der Waals surface area contributed by atoms with Gasteiger partial charge >= 0.3 is 0 Å². The van der Waals surface area contributed by atoms with Crippen LogP contribution in [0.15, 0.2) is 24.3 Å². The Balaban J connectivity index is 1.64. The molecule has 1 saturated heterocycles. The standard InChI is InChI=1S/C17H26N2/c1-14-12-15-6-2-3-8-17(15)19(13-14)11-9-16-7-4-5-10-18-16/h2-3,6,8,14,16,18H,4-5,7,9-13H2,1H3. The number of rotatable bonds is 3. The van der Waals surface area contributed by atoms with E-state index in [-0.39, 0.29) is 0 Å². The molecule has 2 aliphatic heterocycles. The number of hydrogen-bond acceptors (Lipinski definition) is 2.